The molecule has 0 amide bonds. The van der Waals surface area contributed by atoms with Crippen molar-refractivity contribution >= 4 is 0 Å². The molecule has 44 valence electrons. The van der Waals surface area contributed by atoms with Crippen molar-refractivity contribution in [2.24, 2.45) is 0 Å². The van der Waals surface area contributed by atoms with Gasteiger partial charge in [-0.05, 0) is 0 Å². The van der Waals surface area contributed by atoms with Crippen LogP contribution in [0.15, 0.2) is 11.4 Å². The monoisotopic (exact) mass is 110 g/mol. The summed E-state index contributed by atoms with van der Waals surface area (Å²) in [5.41, 5.74) is 2.93. The maximum Gasteiger partial charge on any atom is 0.0318 e. The Morgan fingerprint density at radius 3 is 1.88 bits per heavy atom. The Kier molecular flexibility index (Phi) is 0.745. The van der Waals surface area contributed by atoms with E-state index >= 15 is 0 Å². The van der Waals surface area contributed by atoms with E-state index in [0.29, 0.717) is 0 Å². The molecule has 8 heavy (non-hydrogen) atoms. The molecular weight excluding hydrogens is 100 g/mol. The van der Waals surface area contributed by atoms with Crippen LogP contribution in [-0.2, 0) is 0 Å². The largest absolute Gasteiger partial charge is 0.387 e. The van der Waals surface area contributed by atoms with E-state index in [9.17, 15) is 0 Å². The zero-order valence-electron chi connectivity index (χ0n) is 4.83. The van der Waals surface area contributed by atoms with Crippen molar-refractivity contribution in [2.75, 3.05) is 13.1 Å². The van der Waals surface area contributed by atoms with Crippen molar-refractivity contribution in [1.82, 2.24) is 10.6 Å². The summed E-state index contributed by atoms with van der Waals surface area (Å²) < 4.78 is 0. The third-order valence-electron chi connectivity index (χ3n) is 1.79. The van der Waals surface area contributed by atoms with Gasteiger partial charge in [0.1, 0.15) is 0 Å². The second-order valence-corrected chi connectivity index (χ2v) is 2.31. The van der Waals surface area contributed by atoms with E-state index in [1.54, 1.807) is 0 Å². The predicted molar refractivity (Wildman–Crippen MR) is 32.3 cm³/mol. The zero-order chi connectivity index (χ0) is 5.40. The summed E-state index contributed by atoms with van der Waals surface area (Å²) in [5, 5.41) is 6.67. The van der Waals surface area contributed by atoms with Gasteiger partial charge in [-0.1, -0.05) is 0 Å². The van der Waals surface area contributed by atoms with Gasteiger partial charge < -0.3 is 10.6 Å². The third kappa shape index (κ3) is 0.427. The first-order valence-corrected chi connectivity index (χ1v) is 3.16. The molecule has 0 saturated carbocycles. The van der Waals surface area contributed by atoms with Crippen LogP contribution in [0.5, 0.6) is 0 Å². The second kappa shape index (κ2) is 1.41. The summed E-state index contributed by atoms with van der Waals surface area (Å²) in [6.07, 6.45) is 2.44. The van der Waals surface area contributed by atoms with Crippen LogP contribution >= 0.6 is 0 Å². The quantitative estimate of drug-likeness (QED) is 0.465. The molecule has 0 fully saturated rings. The molecule has 0 aromatic heterocycles. The molecule has 2 nitrogen and oxygen atoms in total. The van der Waals surface area contributed by atoms with Crippen LogP contribution in [0.3, 0.4) is 0 Å². The van der Waals surface area contributed by atoms with Gasteiger partial charge in [0, 0.05) is 37.3 Å². The van der Waals surface area contributed by atoms with Gasteiger partial charge in [-0.15, -0.1) is 0 Å². The van der Waals surface area contributed by atoms with Crippen molar-refractivity contribution in [2.45, 2.75) is 12.8 Å². The topological polar surface area (TPSA) is 24.1 Å². The highest BCUT2D eigenvalue weighted by molar-refractivity contribution is 5.21. The van der Waals surface area contributed by atoms with Gasteiger partial charge in [-0.2, -0.15) is 0 Å². The maximum absolute atomic E-state index is 3.34. The van der Waals surface area contributed by atoms with Crippen LogP contribution < -0.4 is 10.6 Å². The van der Waals surface area contributed by atoms with Gasteiger partial charge in [0.15, 0.2) is 0 Å². The Morgan fingerprint density at radius 2 is 1.38 bits per heavy atom. The van der Waals surface area contributed by atoms with Gasteiger partial charge in [-0.3, -0.25) is 0 Å². The van der Waals surface area contributed by atoms with Crippen molar-refractivity contribution < 1.29 is 0 Å². The molecule has 0 saturated heterocycles. The normalized spacial score (nSPS) is 25.0. The molecule has 2 aliphatic rings. The van der Waals surface area contributed by atoms with Crippen molar-refractivity contribution in [3.8, 4) is 0 Å². The summed E-state index contributed by atoms with van der Waals surface area (Å²) in [6, 6.07) is 0. The maximum atomic E-state index is 3.34. The van der Waals surface area contributed by atoms with E-state index in [2.05, 4.69) is 10.6 Å². The van der Waals surface area contributed by atoms with E-state index in [-0.39, 0.29) is 0 Å². The minimum atomic E-state index is 1.15. The molecule has 0 bridgehead atoms. The highest BCUT2D eigenvalue weighted by atomic mass is 15.0. The SMILES string of the molecule is C1CC2=C(CCN2)N1. The van der Waals surface area contributed by atoms with Gasteiger partial charge in [0.25, 0.3) is 0 Å². The molecule has 0 atom stereocenters. The molecule has 0 unspecified atom stereocenters. The van der Waals surface area contributed by atoms with Gasteiger partial charge in [0.2, 0.25) is 0 Å². The number of rotatable bonds is 0. The molecule has 2 heteroatoms. The second-order valence-electron chi connectivity index (χ2n) is 2.31. The molecular formula is C6H10N2. The van der Waals surface area contributed by atoms with Crippen LogP contribution in [-0.4, -0.2) is 13.1 Å². The van der Waals surface area contributed by atoms with Gasteiger partial charge >= 0.3 is 0 Å². The van der Waals surface area contributed by atoms with E-state index in [1.807, 2.05) is 0 Å². The molecule has 2 rings (SSSR count). The third-order valence-corrected chi connectivity index (χ3v) is 1.79. The lowest BCUT2D eigenvalue weighted by molar-refractivity contribution is 0.749. The Balaban J connectivity index is 2.23. The van der Waals surface area contributed by atoms with E-state index < -0.39 is 0 Å². The molecule has 0 aromatic rings. The van der Waals surface area contributed by atoms with E-state index in [0.717, 1.165) is 13.1 Å². The lowest BCUT2D eigenvalue weighted by Gasteiger charge is -1.96. The average Bonchev–Trinajstić information content (AvgIpc) is 2.15. The first-order chi connectivity index (χ1) is 3.97. The Morgan fingerprint density at radius 1 is 0.875 bits per heavy atom. The molecule has 0 radical (unpaired) electrons. The first-order valence-electron chi connectivity index (χ1n) is 3.16. The molecule has 2 N–H and O–H groups in total. The molecule has 2 aliphatic heterocycles. The summed E-state index contributed by atoms with van der Waals surface area (Å²) in [4.78, 5) is 0. The summed E-state index contributed by atoms with van der Waals surface area (Å²) in [7, 11) is 0. The Labute approximate surface area is 49.0 Å². The van der Waals surface area contributed by atoms with Crippen molar-refractivity contribution in [1.29, 1.82) is 0 Å². The van der Waals surface area contributed by atoms with E-state index in [1.165, 1.54) is 24.2 Å². The lowest BCUT2D eigenvalue weighted by atomic mass is 10.3. The fourth-order valence-corrected chi connectivity index (χ4v) is 1.37. The summed E-state index contributed by atoms with van der Waals surface area (Å²) in [6.45, 7) is 2.30. The van der Waals surface area contributed by atoms with E-state index in [4.69, 9.17) is 0 Å². The number of hydrogen-bond donors (Lipinski definition) is 2. The smallest absolute Gasteiger partial charge is 0.0318 e. The summed E-state index contributed by atoms with van der Waals surface area (Å²) in [5.74, 6) is 0. The summed E-state index contributed by atoms with van der Waals surface area (Å²) >= 11 is 0. The highest BCUT2D eigenvalue weighted by Crippen LogP contribution is 2.17. The Bertz CT molecular complexity index is 109. The van der Waals surface area contributed by atoms with Gasteiger partial charge in [0.05, 0.1) is 0 Å². The fourth-order valence-electron chi connectivity index (χ4n) is 1.37. The number of hydrogen-bond acceptors (Lipinski definition) is 2. The van der Waals surface area contributed by atoms with Crippen LogP contribution in [0.4, 0.5) is 0 Å². The number of nitrogens with one attached hydrogen (secondary N) is 2. The fraction of sp³-hybridized carbons (Fsp3) is 0.667. The first kappa shape index (κ1) is 4.24. The minimum Gasteiger partial charge on any atom is -0.387 e. The van der Waals surface area contributed by atoms with Crippen LogP contribution in [0.1, 0.15) is 12.8 Å². The zero-order valence-corrected chi connectivity index (χ0v) is 4.83. The van der Waals surface area contributed by atoms with Crippen molar-refractivity contribution in [3.63, 3.8) is 0 Å². The minimum absolute atomic E-state index is 1.15. The van der Waals surface area contributed by atoms with Crippen LogP contribution in [0.25, 0.3) is 0 Å². The molecule has 0 aliphatic carbocycles. The van der Waals surface area contributed by atoms with Gasteiger partial charge in [-0.25, -0.2) is 0 Å². The van der Waals surface area contributed by atoms with Crippen LogP contribution in [0.2, 0.25) is 0 Å². The van der Waals surface area contributed by atoms with Crippen molar-refractivity contribution in [3.05, 3.63) is 11.4 Å². The molecule has 2 heterocycles. The highest BCUT2D eigenvalue weighted by Gasteiger charge is 2.17. The van der Waals surface area contributed by atoms with Crippen LogP contribution in [0, 0.1) is 0 Å². The standard InChI is InChI=1S/C6H10N2/c1-3-7-6-2-4-8-5(1)6/h7-8H,1-4H2. The average molecular weight is 110 g/mol. The Hall–Kier alpha value is -0.660. The molecule has 0 aromatic carbocycles. The molecule has 0 spiro atoms. The predicted octanol–water partition coefficient (Wildman–Crippen LogP) is 0.185. The lowest BCUT2D eigenvalue weighted by Crippen LogP contribution is -2.11.